The van der Waals surface area contributed by atoms with E-state index in [0.29, 0.717) is 5.92 Å². The third kappa shape index (κ3) is 3.36. The summed E-state index contributed by atoms with van der Waals surface area (Å²) in [5, 5.41) is 15.3. The molecular formula is C15H24N6O. The quantitative estimate of drug-likeness (QED) is 0.870. The first-order valence-electron chi connectivity index (χ1n) is 7.78. The van der Waals surface area contributed by atoms with Crippen molar-refractivity contribution < 1.29 is 4.74 Å². The second-order valence-electron chi connectivity index (χ2n) is 6.43. The second kappa shape index (κ2) is 6.58. The Hall–Kier alpha value is -1.73. The fraction of sp³-hybridized carbons (Fsp3) is 0.667. The number of aromatic nitrogens is 5. The zero-order chi connectivity index (χ0) is 15.5. The summed E-state index contributed by atoms with van der Waals surface area (Å²) in [6.07, 6.45) is 6.07. The van der Waals surface area contributed by atoms with Gasteiger partial charge in [-0.2, -0.15) is 20.5 Å². The molecule has 0 spiro atoms. The van der Waals surface area contributed by atoms with Gasteiger partial charge in [-0.3, -0.25) is 9.58 Å². The predicted octanol–water partition coefficient (Wildman–Crippen LogP) is 1.27. The molecule has 1 saturated heterocycles. The number of H-pyrrole nitrogens is 1. The van der Waals surface area contributed by atoms with Crippen LogP contribution in [-0.2, 0) is 17.8 Å². The molecule has 1 aliphatic rings. The summed E-state index contributed by atoms with van der Waals surface area (Å²) in [7, 11) is 1.77. The van der Waals surface area contributed by atoms with E-state index in [0.717, 1.165) is 31.9 Å². The van der Waals surface area contributed by atoms with Gasteiger partial charge in [0.15, 0.2) is 0 Å². The third-order valence-electron chi connectivity index (χ3n) is 4.10. The van der Waals surface area contributed by atoms with E-state index in [-0.39, 0.29) is 12.0 Å². The molecule has 3 heterocycles. The van der Waals surface area contributed by atoms with Crippen molar-refractivity contribution in [2.24, 2.45) is 5.92 Å². The highest BCUT2D eigenvalue weighted by atomic mass is 16.5. The molecule has 7 heteroatoms. The molecule has 0 amide bonds. The van der Waals surface area contributed by atoms with Gasteiger partial charge in [0.05, 0.1) is 24.2 Å². The fourth-order valence-electron chi connectivity index (χ4n) is 3.11. The van der Waals surface area contributed by atoms with E-state index in [2.05, 4.69) is 45.5 Å². The molecule has 2 aromatic heterocycles. The summed E-state index contributed by atoms with van der Waals surface area (Å²) in [6, 6.07) is 0. The van der Waals surface area contributed by atoms with Crippen LogP contribution in [0.15, 0.2) is 18.6 Å². The highest BCUT2D eigenvalue weighted by Crippen LogP contribution is 2.28. The zero-order valence-electron chi connectivity index (χ0n) is 13.4. The molecular weight excluding hydrogens is 280 g/mol. The molecule has 0 bridgehead atoms. The van der Waals surface area contributed by atoms with Crippen molar-refractivity contribution in [2.75, 3.05) is 20.2 Å². The Labute approximate surface area is 130 Å². The molecule has 2 aromatic rings. The Morgan fingerprint density at radius 2 is 2.23 bits per heavy atom. The third-order valence-corrected chi connectivity index (χ3v) is 4.10. The van der Waals surface area contributed by atoms with Gasteiger partial charge in [0.2, 0.25) is 0 Å². The molecule has 1 aliphatic heterocycles. The summed E-state index contributed by atoms with van der Waals surface area (Å²) in [5.74, 6) is 0.878. The largest absolute Gasteiger partial charge is 0.379 e. The average Bonchev–Trinajstić information content (AvgIpc) is 3.18. The molecule has 7 nitrogen and oxygen atoms in total. The molecule has 2 atom stereocenters. The van der Waals surface area contributed by atoms with E-state index in [1.807, 2.05) is 10.9 Å². The summed E-state index contributed by atoms with van der Waals surface area (Å²) in [6.45, 7) is 8.10. The van der Waals surface area contributed by atoms with Gasteiger partial charge in [0.1, 0.15) is 0 Å². The normalized spacial score (nSPS) is 22.7. The highest BCUT2D eigenvalue weighted by Gasteiger charge is 2.35. The number of likely N-dealkylation sites (tertiary alicyclic amines) is 1. The van der Waals surface area contributed by atoms with Gasteiger partial charge in [0.25, 0.3) is 0 Å². The molecule has 0 aliphatic carbocycles. The minimum absolute atomic E-state index is 0.163. The molecule has 3 rings (SSSR count). The van der Waals surface area contributed by atoms with E-state index in [9.17, 15) is 0 Å². The average molecular weight is 304 g/mol. The van der Waals surface area contributed by atoms with Gasteiger partial charge in [-0.1, -0.05) is 13.8 Å². The van der Waals surface area contributed by atoms with E-state index >= 15 is 0 Å². The van der Waals surface area contributed by atoms with Crippen molar-refractivity contribution in [1.29, 1.82) is 0 Å². The van der Waals surface area contributed by atoms with Crippen molar-refractivity contribution in [1.82, 2.24) is 30.1 Å². The van der Waals surface area contributed by atoms with Gasteiger partial charge in [0, 0.05) is 51.0 Å². The maximum atomic E-state index is 5.63. The zero-order valence-corrected chi connectivity index (χ0v) is 13.4. The van der Waals surface area contributed by atoms with Gasteiger partial charge in [-0.25, -0.2) is 0 Å². The van der Waals surface area contributed by atoms with Gasteiger partial charge >= 0.3 is 0 Å². The van der Waals surface area contributed by atoms with Crippen LogP contribution in [0.2, 0.25) is 0 Å². The molecule has 120 valence electrons. The fourth-order valence-corrected chi connectivity index (χ4v) is 3.11. The van der Waals surface area contributed by atoms with Gasteiger partial charge in [-0.15, -0.1) is 0 Å². The molecule has 22 heavy (non-hydrogen) atoms. The van der Waals surface area contributed by atoms with Crippen LogP contribution < -0.4 is 0 Å². The van der Waals surface area contributed by atoms with Crippen LogP contribution in [0.4, 0.5) is 0 Å². The number of hydrogen-bond acceptors (Lipinski definition) is 5. The summed E-state index contributed by atoms with van der Waals surface area (Å²) in [4.78, 5) is 2.39. The number of ether oxygens (including phenoxy) is 1. The van der Waals surface area contributed by atoms with E-state index < -0.39 is 0 Å². The first-order valence-corrected chi connectivity index (χ1v) is 7.78. The van der Waals surface area contributed by atoms with Crippen molar-refractivity contribution in [3.63, 3.8) is 0 Å². The number of nitrogens with zero attached hydrogens (tertiary/aromatic N) is 5. The maximum Gasteiger partial charge on any atom is 0.0894 e. The van der Waals surface area contributed by atoms with Crippen LogP contribution in [0.25, 0.3) is 0 Å². The number of hydrogen-bond donors (Lipinski definition) is 1. The van der Waals surface area contributed by atoms with Crippen molar-refractivity contribution in [3.8, 4) is 0 Å². The summed E-state index contributed by atoms with van der Waals surface area (Å²) >= 11 is 0. The van der Waals surface area contributed by atoms with Crippen LogP contribution in [-0.4, -0.2) is 56.4 Å². The maximum absolute atomic E-state index is 5.63. The van der Waals surface area contributed by atoms with Crippen molar-refractivity contribution in [2.45, 2.75) is 39.0 Å². The SMILES string of the molecule is CO[C@@H]1CN(Cc2cnn(CC(C)C)c2)C[C@H]1c1cn[nH]n1. The minimum Gasteiger partial charge on any atom is -0.379 e. The monoisotopic (exact) mass is 304 g/mol. The van der Waals surface area contributed by atoms with Crippen LogP contribution >= 0.6 is 0 Å². The molecule has 0 unspecified atom stereocenters. The Kier molecular flexibility index (Phi) is 4.54. The molecule has 1 N–H and O–H groups in total. The first-order chi connectivity index (χ1) is 10.7. The molecule has 0 saturated carbocycles. The Balaban J connectivity index is 1.63. The van der Waals surface area contributed by atoms with E-state index in [1.54, 1.807) is 13.3 Å². The number of aromatic amines is 1. The lowest BCUT2D eigenvalue weighted by Gasteiger charge is -2.13. The summed E-state index contributed by atoms with van der Waals surface area (Å²) < 4.78 is 7.66. The molecule has 1 fully saturated rings. The molecule has 0 aromatic carbocycles. The van der Waals surface area contributed by atoms with E-state index in [1.165, 1.54) is 5.56 Å². The number of nitrogens with one attached hydrogen (secondary N) is 1. The van der Waals surface area contributed by atoms with Gasteiger partial charge < -0.3 is 4.74 Å². The number of methoxy groups -OCH3 is 1. The minimum atomic E-state index is 0.163. The van der Waals surface area contributed by atoms with Crippen LogP contribution in [0.1, 0.15) is 31.0 Å². The van der Waals surface area contributed by atoms with Crippen LogP contribution in [0.5, 0.6) is 0 Å². The molecule has 0 radical (unpaired) electrons. The lowest BCUT2D eigenvalue weighted by Crippen LogP contribution is -2.22. The standard InChI is InChI=1S/C15H24N6O/c1-11(2)6-21-8-12(4-17-21)7-20-9-13(15(10-20)22-3)14-5-16-19-18-14/h4-5,8,11,13,15H,6-7,9-10H2,1-3H3,(H,16,18,19)/t13-,15+/m0/s1. The summed E-state index contributed by atoms with van der Waals surface area (Å²) in [5.41, 5.74) is 2.22. The van der Waals surface area contributed by atoms with Gasteiger partial charge in [-0.05, 0) is 5.92 Å². The second-order valence-corrected chi connectivity index (χ2v) is 6.43. The lowest BCUT2D eigenvalue weighted by atomic mass is 10.0. The smallest absolute Gasteiger partial charge is 0.0894 e. The van der Waals surface area contributed by atoms with E-state index in [4.69, 9.17) is 4.74 Å². The van der Waals surface area contributed by atoms with Crippen LogP contribution in [0.3, 0.4) is 0 Å². The topological polar surface area (TPSA) is 71.9 Å². The predicted molar refractivity (Wildman–Crippen MR) is 82.3 cm³/mol. The van der Waals surface area contributed by atoms with Crippen molar-refractivity contribution in [3.05, 3.63) is 29.8 Å². The number of rotatable bonds is 6. The van der Waals surface area contributed by atoms with Crippen molar-refractivity contribution >= 4 is 0 Å². The first kappa shape index (κ1) is 15.2. The Morgan fingerprint density at radius 1 is 1.36 bits per heavy atom. The Morgan fingerprint density at radius 3 is 2.91 bits per heavy atom. The van der Waals surface area contributed by atoms with Crippen LogP contribution in [0, 0.1) is 5.92 Å². The highest BCUT2D eigenvalue weighted by molar-refractivity contribution is 5.11. The Bertz CT molecular complexity index is 579. The lowest BCUT2D eigenvalue weighted by molar-refractivity contribution is 0.0957.